The van der Waals surface area contributed by atoms with E-state index in [1.54, 1.807) is 22.7 Å². The van der Waals surface area contributed by atoms with Gasteiger partial charge in [0.15, 0.2) is 5.65 Å². The molecule has 0 atom stereocenters. The lowest BCUT2D eigenvalue weighted by molar-refractivity contribution is -0.136. The Morgan fingerprint density at radius 3 is 2.53 bits per heavy atom. The molecule has 3 aromatic heterocycles. The van der Waals surface area contributed by atoms with Gasteiger partial charge in [-0.25, -0.2) is 14.4 Å². The van der Waals surface area contributed by atoms with E-state index < -0.39 is 5.97 Å². The van der Waals surface area contributed by atoms with Gasteiger partial charge in [0.25, 0.3) is 0 Å². The minimum Gasteiger partial charge on any atom is -0.481 e. The van der Waals surface area contributed by atoms with Crippen molar-refractivity contribution in [2.24, 2.45) is 0 Å². The molecule has 5 rings (SSSR count). The first-order valence-corrected chi connectivity index (χ1v) is 10.9. The summed E-state index contributed by atoms with van der Waals surface area (Å²) in [7, 11) is 0. The first-order chi connectivity index (χ1) is 16.5. The van der Waals surface area contributed by atoms with E-state index in [1.165, 1.54) is 12.1 Å². The number of aliphatic carboxylic acids is 1. The summed E-state index contributed by atoms with van der Waals surface area (Å²) in [5.41, 5.74) is 4.62. The van der Waals surface area contributed by atoms with E-state index in [2.05, 4.69) is 0 Å². The number of fused-ring (bicyclic) bond motifs is 1. The molecule has 7 heteroatoms. The van der Waals surface area contributed by atoms with Crippen molar-refractivity contribution in [1.82, 2.24) is 14.4 Å². The smallest absolute Gasteiger partial charge is 0.309 e. The second-order valence-electron chi connectivity index (χ2n) is 8.20. The number of imidazole rings is 1. The Labute approximate surface area is 195 Å². The second kappa shape index (κ2) is 8.94. The predicted molar refractivity (Wildman–Crippen MR) is 125 cm³/mol. The first kappa shape index (κ1) is 21.6. The predicted octanol–water partition coefficient (Wildman–Crippen LogP) is 5.25. The van der Waals surface area contributed by atoms with Crippen molar-refractivity contribution in [2.45, 2.75) is 26.2 Å². The van der Waals surface area contributed by atoms with Gasteiger partial charge in [-0.2, -0.15) is 0 Å². The molecule has 2 aromatic carbocycles. The summed E-state index contributed by atoms with van der Waals surface area (Å²) in [5.74, 6) is 0.149. The Hall–Kier alpha value is -4.26. The van der Waals surface area contributed by atoms with Crippen molar-refractivity contribution in [3.8, 4) is 11.3 Å². The number of carbonyl (C=O) groups is 1. The Balaban J connectivity index is 1.72. The number of furan rings is 1. The van der Waals surface area contributed by atoms with Gasteiger partial charge < -0.3 is 9.52 Å². The van der Waals surface area contributed by atoms with Crippen LogP contribution in [-0.4, -0.2) is 25.4 Å². The minimum absolute atomic E-state index is 0.215. The summed E-state index contributed by atoms with van der Waals surface area (Å²) in [6.07, 6.45) is 2.38. The van der Waals surface area contributed by atoms with E-state index in [9.17, 15) is 14.3 Å². The van der Waals surface area contributed by atoms with Crippen LogP contribution in [0, 0.1) is 12.7 Å². The average Bonchev–Trinajstić information content (AvgIpc) is 3.37. The van der Waals surface area contributed by atoms with Crippen LogP contribution < -0.4 is 0 Å². The Bertz CT molecular complexity index is 1490. The zero-order valence-electron chi connectivity index (χ0n) is 18.5. The van der Waals surface area contributed by atoms with Crippen LogP contribution in [0.4, 0.5) is 4.39 Å². The summed E-state index contributed by atoms with van der Waals surface area (Å²) >= 11 is 0. The van der Waals surface area contributed by atoms with E-state index >= 15 is 0 Å². The number of rotatable bonds is 7. The van der Waals surface area contributed by atoms with Crippen LogP contribution in [0.2, 0.25) is 0 Å². The van der Waals surface area contributed by atoms with Gasteiger partial charge in [-0.05, 0) is 36.8 Å². The SMILES string of the molecule is Cc1ccc(Cc2nc3c(Cc4ccccc4)nc(-c4cccc(F)c4)cn3c2CC(=O)O)o1. The number of aromatic nitrogens is 3. The highest BCUT2D eigenvalue weighted by Crippen LogP contribution is 2.26. The van der Waals surface area contributed by atoms with Gasteiger partial charge in [0.2, 0.25) is 0 Å². The molecular weight excluding hydrogens is 433 g/mol. The molecule has 0 spiro atoms. The largest absolute Gasteiger partial charge is 0.481 e. The van der Waals surface area contributed by atoms with Crippen LogP contribution in [0.3, 0.4) is 0 Å². The number of carboxylic acids is 1. The van der Waals surface area contributed by atoms with Crippen LogP contribution in [0.1, 0.15) is 34.2 Å². The normalized spacial score (nSPS) is 11.2. The molecule has 0 unspecified atom stereocenters. The average molecular weight is 455 g/mol. The number of nitrogens with zero attached hydrogens (tertiary/aromatic N) is 3. The monoisotopic (exact) mass is 455 g/mol. The van der Waals surface area contributed by atoms with Gasteiger partial charge in [0.1, 0.15) is 17.3 Å². The lowest BCUT2D eigenvalue weighted by atomic mass is 10.1. The first-order valence-electron chi connectivity index (χ1n) is 10.9. The summed E-state index contributed by atoms with van der Waals surface area (Å²) < 4.78 is 21.5. The molecule has 0 saturated heterocycles. The van der Waals surface area contributed by atoms with Gasteiger partial charge >= 0.3 is 5.97 Å². The zero-order chi connectivity index (χ0) is 23.7. The molecule has 0 aliphatic heterocycles. The van der Waals surface area contributed by atoms with Crippen molar-refractivity contribution < 1.29 is 18.7 Å². The van der Waals surface area contributed by atoms with Crippen LogP contribution in [-0.2, 0) is 24.1 Å². The molecule has 0 aliphatic rings. The fourth-order valence-corrected chi connectivity index (χ4v) is 4.11. The maximum Gasteiger partial charge on any atom is 0.309 e. The molecule has 0 bridgehead atoms. The van der Waals surface area contributed by atoms with Crippen LogP contribution in [0.5, 0.6) is 0 Å². The zero-order valence-corrected chi connectivity index (χ0v) is 18.5. The van der Waals surface area contributed by atoms with E-state index in [-0.39, 0.29) is 12.2 Å². The van der Waals surface area contributed by atoms with Crippen LogP contribution in [0.25, 0.3) is 16.9 Å². The highest BCUT2D eigenvalue weighted by molar-refractivity contribution is 5.71. The maximum absolute atomic E-state index is 14.0. The number of hydrogen-bond donors (Lipinski definition) is 1. The number of benzene rings is 2. The van der Waals surface area contributed by atoms with E-state index in [0.29, 0.717) is 52.6 Å². The molecule has 0 saturated carbocycles. The molecule has 0 amide bonds. The van der Waals surface area contributed by atoms with Crippen molar-refractivity contribution in [3.63, 3.8) is 0 Å². The van der Waals surface area contributed by atoms with Crippen molar-refractivity contribution in [1.29, 1.82) is 0 Å². The summed E-state index contributed by atoms with van der Waals surface area (Å²) in [6, 6.07) is 19.8. The standard InChI is InChI=1S/C27H22FN3O3/c1-17-10-11-21(34-17)14-22-25(15-26(32)33)31-16-24(19-8-5-9-20(28)13-19)29-23(27(31)30-22)12-18-6-3-2-4-7-18/h2-11,13,16H,12,14-15H2,1H3,(H,32,33). The lowest BCUT2D eigenvalue weighted by Gasteiger charge is -2.10. The van der Waals surface area contributed by atoms with E-state index in [1.807, 2.05) is 49.4 Å². The molecule has 3 heterocycles. The third-order valence-electron chi connectivity index (χ3n) is 5.65. The molecule has 0 fully saturated rings. The van der Waals surface area contributed by atoms with Gasteiger partial charge in [-0.15, -0.1) is 0 Å². The highest BCUT2D eigenvalue weighted by atomic mass is 19.1. The summed E-state index contributed by atoms with van der Waals surface area (Å²) in [4.78, 5) is 21.4. The van der Waals surface area contributed by atoms with Crippen molar-refractivity contribution in [3.05, 3.63) is 113 Å². The van der Waals surface area contributed by atoms with Crippen LogP contribution >= 0.6 is 0 Å². The molecule has 0 radical (unpaired) electrons. The molecule has 170 valence electrons. The maximum atomic E-state index is 14.0. The van der Waals surface area contributed by atoms with Gasteiger partial charge in [-0.3, -0.25) is 9.20 Å². The summed E-state index contributed by atoms with van der Waals surface area (Å²) in [6.45, 7) is 1.86. The Morgan fingerprint density at radius 2 is 1.82 bits per heavy atom. The third-order valence-corrected chi connectivity index (χ3v) is 5.65. The highest BCUT2D eigenvalue weighted by Gasteiger charge is 2.21. The minimum atomic E-state index is -0.965. The number of carboxylic acid groups (broad SMARTS) is 1. The molecule has 1 N–H and O–H groups in total. The van der Waals surface area contributed by atoms with E-state index in [4.69, 9.17) is 14.4 Å². The van der Waals surface area contributed by atoms with Gasteiger partial charge in [-0.1, -0.05) is 42.5 Å². The Kier molecular flexibility index (Phi) is 5.67. The number of aryl methyl sites for hydroxylation is 1. The van der Waals surface area contributed by atoms with Crippen molar-refractivity contribution in [2.75, 3.05) is 0 Å². The fourth-order valence-electron chi connectivity index (χ4n) is 4.11. The Morgan fingerprint density at radius 1 is 1.00 bits per heavy atom. The number of hydrogen-bond acceptors (Lipinski definition) is 4. The fraction of sp³-hybridized carbons (Fsp3) is 0.148. The lowest BCUT2D eigenvalue weighted by Crippen LogP contribution is -2.08. The molecule has 5 aromatic rings. The quantitative estimate of drug-likeness (QED) is 0.363. The van der Waals surface area contributed by atoms with Gasteiger partial charge in [0, 0.05) is 18.2 Å². The molecule has 34 heavy (non-hydrogen) atoms. The summed E-state index contributed by atoms with van der Waals surface area (Å²) in [5, 5.41) is 9.64. The third kappa shape index (κ3) is 4.45. The molecule has 6 nitrogen and oxygen atoms in total. The van der Waals surface area contributed by atoms with Gasteiger partial charge in [0.05, 0.1) is 35.6 Å². The van der Waals surface area contributed by atoms with E-state index in [0.717, 1.165) is 11.3 Å². The molecular formula is C27H22FN3O3. The molecule has 0 aliphatic carbocycles. The van der Waals surface area contributed by atoms with Crippen LogP contribution in [0.15, 0.2) is 77.3 Å². The van der Waals surface area contributed by atoms with Crippen molar-refractivity contribution >= 4 is 11.6 Å². The topological polar surface area (TPSA) is 80.6 Å². The number of halogens is 1. The second-order valence-corrected chi connectivity index (χ2v) is 8.20.